The Hall–Kier alpha value is -4.30. The van der Waals surface area contributed by atoms with Gasteiger partial charge in [0.2, 0.25) is 17.9 Å². The van der Waals surface area contributed by atoms with Crippen molar-refractivity contribution in [1.29, 1.82) is 0 Å². The fraction of sp³-hybridized carbons (Fsp3) is 0.517. The summed E-state index contributed by atoms with van der Waals surface area (Å²) in [5, 5.41) is 13.1. The van der Waals surface area contributed by atoms with E-state index in [4.69, 9.17) is 18.9 Å². The molecule has 1 aliphatic carbocycles. The molecule has 0 N–H and O–H groups in total. The molecule has 1 aliphatic rings. The molecule has 15 heteroatoms. The molecule has 0 aliphatic heterocycles. The molecule has 0 saturated heterocycles. The van der Waals surface area contributed by atoms with Crippen LogP contribution in [0.25, 0.3) is 22.3 Å². The van der Waals surface area contributed by atoms with Crippen LogP contribution in [0.5, 0.6) is 23.5 Å². The van der Waals surface area contributed by atoms with Gasteiger partial charge in [-0.15, -0.1) is 15.3 Å². The van der Waals surface area contributed by atoms with Gasteiger partial charge in [-0.25, -0.2) is 27.2 Å². The molecular weight excluding hydrogens is 586 g/mol. The van der Waals surface area contributed by atoms with Crippen LogP contribution < -0.4 is 18.9 Å². The van der Waals surface area contributed by atoms with Gasteiger partial charge in [-0.05, 0) is 53.7 Å². The van der Waals surface area contributed by atoms with Gasteiger partial charge in [-0.3, -0.25) is 4.98 Å². The molecular formula is C29H33F4N7O4. The predicted molar refractivity (Wildman–Crippen MR) is 150 cm³/mol. The fourth-order valence-electron chi connectivity index (χ4n) is 4.14. The van der Waals surface area contributed by atoms with Crippen molar-refractivity contribution < 1.29 is 36.5 Å². The molecule has 0 spiro atoms. The van der Waals surface area contributed by atoms with Crippen LogP contribution in [0, 0.1) is 5.92 Å². The zero-order chi connectivity index (χ0) is 32.0. The number of hydrogen-bond acceptors (Lipinski definition) is 10. The summed E-state index contributed by atoms with van der Waals surface area (Å²) in [7, 11) is 1.57. The number of alkyl halides is 4. The van der Waals surface area contributed by atoms with Gasteiger partial charge in [0.25, 0.3) is 12.3 Å². The fourth-order valence-corrected chi connectivity index (χ4v) is 4.14. The Morgan fingerprint density at radius 3 is 2.34 bits per heavy atom. The lowest BCUT2D eigenvalue weighted by Crippen LogP contribution is -2.26. The predicted octanol–water partition coefficient (Wildman–Crippen LogP) is 5.99. The van der Waals surface area contributed by atoms with Crippen molar-refractivity contribution in [3.05, 3.63) is 36.3 Å². The molecule has 4 aromatic heterocycles. The van der Waals surface area contributed by atoms with Crippen LogP contribution in [-0.2, 0) is 7.05 Å². The monoisotopic (exact) mass is 619 g/mol. The van der Waals surface area contributed by atoms with Crippen molar-refractivity contribution in [1.82, 2.24) is 34.9 Å². The van der Waals surface area contributed by atoms with Gasteiger partial charge < -0.3 is 18.9 Å². The molecule has 2 atom stereocenters. The number of rotatable bonds is 10. The highest BCUT2D eigenvalue weighted by molar-refractivity contribution is 5.85. The third-order valence-electron chi connectivity index (χ3n) is 6.28. The largest absolute Gasteiger partial charge is 0.493 e. The summed E-state index contributed by atoms with van der Waals surface area (Å²) >= 11 is 0. The van der Waals surface area contributed by atoms with Crippen LogP contribution in [-0.4, -0.2) is 65.1 Å². The normalized spacial score (nSPS) is 17.0. The van der Waals surface area contributed by atoms with E-state index in [1.54, 1.807) is 13.1 Å². The second-order valence-corrected chi connectivity index (χ2v) is 12.5. The maximum absolute atomic E-state index is 14.3. The van der Waals surface area contributed by atoms with E-state index in [1.165, 1.54) is 29.2 Å². The lowest BCUT2D eigenvalue weighted by atomic mass is 10.1. The summed E-state index contributed by atoms with van der Waals surface area (Å²) in [4.78, 5) is 12.8. The maximum atomic E-state index is 14.3. The molecule has 0 radical (unpaired) electrons. The number of fused-ring (bicyclic) bond motifs is 1. The highest BCUT2D eigenvalue weighted by atomic mass is 19.3. The van der Waals surface area contributed by atoms with E-state index >= 15 is 0 Å². The standard InChI is InChI=1S/C29H33F4N7O4/c1-27(2,3)43-24-18(13-35-26(36-24)44-28(4,5)6)19-11-17-23(38-37-19)40(7)39-25(17)42-21(22(30)31)20-10-16(8-9-34-20)41-14-15-12-29(15,32)33/h8-11,13,15,21-22H,12,14H2,1-7H3/t15?,21-/m1/s1. The van der Waals surface area contributed by atoms with Gasteiger partial charge in [-0.2, -0.15) is 4.98 Å². The van der Waals surface area contributed by atoms with Gasteiger partial charge in [0.15, 0.2) is 5.65 Å². The van der Waals surface area contributed by atoms with Crippen LogP contribution in [0.3, 0.4) is 0 Å². The Labute approximate surface area is 250 Å². The first-order chi connectivity index (χ1) is 20.5. The number of halogens is 4. The number of aryl methyl sites for hydroxylation is 1. The molecule has 1 saturated carbocycles. The molecule has 4 heterocycles. The number of hydrogen-bond donors (Lipinski definition) is 0. The van der Waals surface area contributed by atoms with Crippen LogP contribution in [0.4, 0.5) is 17.6 Å². The summed E-state index contributed by atoms with van der Waals surface area (Å²) in [6.07, 6.45) is -2.41. The third kappa shape index (κ3) is 7.25. The Kier molecular flexibility index (Phi) is 8.01. The first-order valence-corrected chi connectivity index (χ1v) is 13.9. The minimum Gasteiger partial charge on any atom is -0.493 e. The van der Waals surface area contributed by atoms with Gasteiger partial charge in [0, 0.05) is 31.9 Å². The second kappa shape index (κ2) is 11.3. The second-order valence-electron chi connectivity index (χ2n) is 12.5. The highest BCUT2D eigenvalue weighted by Crippen LogP contribution is 2.48. The van der Waals surface area contributed by atoms with Gasteiger partial charge in [0.05, 0.1) is 29.2 Å². The molecule has 4 aromatic rings. The lowest BCUT2D eigenvalue weighted by Gasteiger charge is -2.24. The molecule has 0 aromatic carbocycles. The summed E-state index contributed by atoms with van der Waals surface area (Å²) in [6, 6.07) is 4.31. The Morgan fingerprint density at radius 1 is 1.00 bits per heavy atom. The molecule has 1 unspecified atom stereocenters. The Balaban J connectivity index is 1.47. The molecule has 0 amide bonds. The van der Waals surface area contributed by atoms with Gasteiger partial charge in [0.1, 0.15) is 22.6 Å². The van der Waals surface area contributed by atoms with Crippen molar-refractivity contribution >= 4 is 11.0 Å². The first-order valence-electron chi connectivity index (χ1n) is 13.9. The van der Waals surface area contributed by atoms with Crippen LogP contribution in [0.15, 0.2) is 30.6 Å². The van der Waals surface area contributed by atoms with E-state index in [0.29, 0.717) is 5.56 Å². The molecule has 5 rings (SSSR count). The van der Waals surface area contributed by atoms with Gasteiger partial charge in [-0.1, -0.05) is 0 Å². The zero-order valence-corrected chi connectivity index (χ0v) is 25.3. The van der Waals surface area contributed by atoms with E-state index in [2.05, 4.69) is 30.2 Å². The van der Waals surface area contributed by atoms with Crippen LogP contribution in [0.2, 0.25) is 0 Å². The van der Waals surface area contributed by atoms with Crippen molar-refractivity contribution in [2.24, 2.45) is 13.0 Å². The summed E-state index contributed by atoms with van der Waals surface area (Å²) in [6.45, 7) is 10.9. The number of aromatic nitrogens is 7. The molecule has 44 heavy (non-hydrogen) atoms. The molecule has 0 bridgehead atoms. The smallest absolute Gasteiger partial charge is 0.320 e. The molecule has 11 nitrogen and oxygen atoms in total. The SMILES string of the molecule is Cn1nc(O[C@H](c2cc(OCC3CC3(F)F)ccn2)C(F)F)c2cc(-c3cnc(OC(C)(C)C)nc3OC(C)(C)C)nnc21. The minimum atomic E-state index is -3.02. The summed E-state index contributed by atoms with van der Waals surface area (Å²) < 4.78 is 79.5. The van der Waals surface area contributed by atoms with Crippen molar-refractivity contribution in [2.45, 2.75) is 77.6 Å². The van der Waals surface area contributed by atoms with Crippen molar-refractivity contribution in [3.63, 3.8) is 0 Å². The number of pyridine rings is 1. The maximum Gasteiger partial charge on any atom is 0.320 e. The zero-order valence-electron chi connectivity index (χ0n) is 25.3. The Bertz CT molecular complexity index is 1650. The third-order valence-corrected chi connectivity index (χ3v) is 6.28. The number of ether oxygens (including phenoxy) is 4. The average Bonchev–Trinajstić information content (AvgIpc) is 3.41. The van der Waals surface area contributed by atoms with Crippen molar-refractivity contribution in [2.75, 3.05) is 6.61 Å². The van der Waals surface area contributed by atoms with Crippen LogP contribution >= 0.6 is 0 Å². The first kappa shape index (κ1) is 31.1. The van der Waals surface area contributed by atoms with E-state index in [0.717, 1.165) is 0 Å². The quantitative estimate of drug-likeness (QED) is 0.196. The van der Waals surface area contributed by atoms with Gasteiger partial charge >= 0.3 is 6.01 Å². The number of nitrogens with zero attached hydrogens (tertiary/aromatic N) is 7. The topological polar surface area (TPSA) is 119 Å². The average molecular weight is 620 g/mol. The highest BCUT2D eigenvalue weighted by Gasteiger charge is 2.57. The molecule has 236 valence electrons. The van der Waals surface area contributed by atoms with E-state index in [-0.39, 0.29) is 59.0 Å². The van der Waals surface area contributed by atoms with E-state index < -0.39 is 35.6 Å². The van der Waals surface area contributed by atoms with E-state index in [9.17, 15) is 17.6 Å². The lowest BCUT2D eigenvalue weighted by molar-refractivity contribution is 0.00596. The summed E-state index contributed by atoms with van der Waals surface area (Å²) in [5.74, 6) is -3.52. The Morgan fingerprint density at radius 2 is 1.70 bits per heavy atom. The van der Waals surface area contributed by atoms with E-state index in [1.807, 2.05) is 41.5 Å². The molecule has 1 fully saturated rings. The van der Waals surface area contributed by atoms with Crippen LogP contribution in [0.1, 0.15) is 59.8 Å². The minimum absolute atomic E-state index is 0.101. The summed E-state index contributed by atoms with van der Waals surface area (Å²) in [5.41, 5.74) is -0.449. The van der Waals surface area contributed by atoms with Crippen molar-refractivity contribution in [3.8, 4) is 34.8 Å².